The number of carbonyl (C=O) groups excluding carboxylic acids is 1. The lowest BCUT2D eigenvalue weighted by atomic mass is 9.97. The Hall–Kier alpha value is -1.39. The molecule has 2 aliphatic heterocycles. The number of piperidine rings is 1. The molecule has 4 heteroatoms. The maximum Gasteiger partial charge on any atom is 0.220 e. The first-order valence-electron chi connectivity index (χ1n) is 9.44. The van der Waals surface area contributed by atoms with Gasteiger partial charge in [-0.15, -0.1) is 0 Å². The van der Waals surface area contributed by atoms with Gasteiger partial charge in [-0.1, -0.05) is 30.3 Å². The fourth-order valence-corrected chi connectivity index (χ4v) is 3.81. The van der Waals surface area contributed by atoms with Crippen molar-refractivity contribution < 1.29 is 9.53 Å². The molecule has 3 rings (SSSR count). The second kappa shape index (κ2) is 9.19. The molecule has 0 aliphatic carbocycles. The maximum absolute atomic E-state index is 12.0. The summed E-state index contributed by atoms with van der Waals surface area (Å²) in [5, 5.41) is 3.14. The maximum atomic E-state index is 12.0. The number of nitrogens with one attached hydrogen (secondary N) is 1. The van der Waals surface area contributed by atoms with E-state index in [1.165, 1.54) is 24.9 Å². The predicted octanol–water partition coefficient (Wildman–Crippen LogP) is 2.97. The molecule has 4 nitrogen and oxygen atoms in total. The smallest absolute Gasteiger partial charge is 0.220 e. The van der Waals surface area contributed by atoms with Crippen LogP contribution in [0.25, 0.3) is 0 Å². The molecule has 2 saturated heterocycles. The van der Waals surface area contributed by atoms with Gasteiger partial charge < -0.3 is 10.1 Å². The van der Waals surface area contributed by atoms with E-state index in [0.717, 1.165) is 45.5 Å². The summed E-state index contributed by atoms with van der Waals surface area (Å²) >= 11 is 0. The summed E-state index contributed by atoms with van der Waals surface area (Å²) in [7, 11) is 0. The lowest BCUT2D eigenvalue weighted by Gasteiger charge is -2.32. The Bertz CT molecular complexity index is 500. The number of carbonyl (C=O) groups is 1. The summed E-state index contributed by atoms with van der Waals surface area (Å²) in [5.41, 5.74) is 1.37. The van der Waals surface area contributed by atoms with Crippen LogP contribution < -0.4 is 5.32 Å². The fraction of sp³-hybridized carbons (Fsp3) is 0.650. The zero-order valence-corrected chi connectivity index (χ0v) is 14.6. The summed E-state index contributed by atoms with van der Waals surface area (Å²) in [6.45, 7) is 4.95. The largest absolute Gasteiger partial charge is 0.378 e. The van der Waals surface area contributed by atoms with Gasteiger partial charge in [0.1, 0.15) is 0 Å². The third-order valence-corrected chi connectivity index (χ3v) is 5.16. The van der Waals surface area contributed by atoms with E-state index in [0.29, 0.717) is 18.4 Å². The van der Waals surface area contributed by atoms with E-state index in [1.54, 1.807) is 0 Å². The molecule has 0 radical (unpaired) electrons. The Balaban J connectivity index is 1.35. The van der Waals surface area contributed by atoms with Crippen molar-refractivity contribution in [2.24, 2.45) is 5.92 Å². The van der Waals surface area contributed by atoms with Gasteiger partial charge in [0, 0.05) is 32.7 Å². The molecule has 0 spiro atoms. The first-order chi connectivity index (χ1) is 11.8. The van der Waals surface area contributed by atoms with Crippen molar-refractivity contribution in [2.75, 3.05) is 26.2 Å². The average Bonchev–Trinajstić information content (AvgIpc) is 3.13. The molecule has 24 heavy (non-hydrogen) atoms. The minimum Gasteiger partial charge on any atom is -0.378 e. The van der Waals surface area contributed by atoms with Crippen molar-refractivity contribution in [3.63, 3.8) is 0 Å². The van der Waals surface area contributed by atoms with E-state index < -0.39 is 0 Å². The predicted molar refractivity (Wildman–Crippen MR) is 95.7 cm³/mol. The number of hydrogen-bond acceptors (Lipinski definition) is 3. The van der Waals surface area contributed by atoms with E-state index in [1.807, 2.05) is 0 Å². The number of benzene rings is 1. The van der Waals surface area contributed by atoms with E-state index >= 15 is 0 Å². The van der Waals surface area contributed by atoms with Gasteiger partial charge in [-0.3, -0.25) is 9.69 Å². The molecule has 0 saturated carbocycles. The zero-order chi connectivity index (χ0) is 16.6. The molecular weight excluding hydrogens is 300 g/mol. The van der Waals surface area contributed by atoms with Crippen LogP contribution in [0.3, 0.4) is 0 Å². The summed E-state index contributed by atoms with van der Waals surface area (Å²) < 4.78 is 5.58. The van der Waals surface area contributed by atoms with Gasteiger partial charge in [0.15, 0.2) is 0 Å². The number of rotatable bonds is 7. The first kappa shape index (κ1) is 17.4. The quantitative estimate of drug-likeness (QED) is 0.836. The number of ether oxygens (including phenoxy) is 1. The molecule has 1 aromatic carbocycles. The topological polar surface area (TPSA) is 41.6 Å². The first-order valence-corrected chi connectivity index (χ1v) is 9.44. The van der Waals surface area contributed by atoms with Gasteiger partial charge in [-0.05, 0) is 50.1 Å². The Morgan fingerprint density at radius 3 is 2.88 bits per heavy atom. The minimum absolute atomic E-state index is 0.186. The molecule has 1 N–H and O–H groups in total. The molecule has 0 unspecified atom stereocenters. The number of likely N-dealkylation sites (tertiary alicyclic amines) is 1. The average molecular weight is 330 g/mol. The summed E-state index contributed by atoms with van der Waals surface area (Å²) in [4.78, 5) is 14.6. The third kappa shape index (κ3) is 5.60. The molecule has 2 heterocycles. The summed E-state index contributed by atoms with van der Waals surface area (Å²) in [6, 6.07) is 10.7. The Morgan fingerprint density at radius 2 is 2.08 bits per heavy atom. The van der Waals surface area contributed by atoms with Gasteiger partial charge in [-0.2, -0.15) is 0 Å². The molecule has 0 aromatic heterocycles. The molecule has 2 atom stereocenters. The Labute approximate surface area is 145 Å². The molecule has 1 aromatic rings. The van der Waals surface area contributed by atoms with Crippen LogP contribution in [-0.4, -0.2) is 43.2 Å². The fourth-order valence-electron chi connectivity index (χ4n) is 3.81. The van der Waals surface area contributed by atoms with Crippen LogP contribution in [0, 0.1) is 5.92 Å². The van der Waals surface area contributed by atoms with Gasteiger partial charge in [0.2, 0.25) is 5.91 Å². The minimum atomic E-state index is 0.186. The highest BCUT2D eigenvalue weighted by Gasteiger charge is 2.21. The molecule has 0 bridgehead atoms. The lowest BCUT2D eigenvalue weighted by Crippen LogP contribution is -2.40. The van der Waals surface area contributed by atoms with Gasteiger partial charge >= 0.3 is 0 Å². The molecule has 2 fully saturated rings. The van der Waals surface area contributed by atoms with Crippen LogP contribution >= 0.6 is 0 Å². The summed E-state index contributed by atoms with van der Waals surface area (Å²) in [6.07, 6.45) is 6.49. The normalized spacial score (nSPS) is 24.8. The van der Waals surface area contributed by atoms with Crippen LogP contribution in [0.2, 0.25) is 0 Å². The number of amides is 1. The molecule has 2 aliphatic rings. The van der Waals surface area contributed by atoms with E-state index in [4.69, 9.17) is 4.74 Å². The third-order valence-electron chi connectivity index (χ3n) is 5.16. The van der Waals surface area contributed by atoms with Crippen molar-refractivity contribution in [1.82, 2.24) is 10.2 Å². The highest BCUT2D eigenvalue weighted by atomic mass is 16.5. The Morgan fingerprint density at radius 1 is 1.21 bits per heavy atom. The van der Waals surface area contributed by atoms with Crippen molar-refractivity contribution in [3.05, 3.63) is 35.9 Å². The number of nitrogens with zero attached hydrogens (tertiary/aromatic N) is 1. The van der Waals surface area contributed by atoms with Crippen molar-refractivity contribution in [3.8, 4) is 0 Å². The van der Waals surface area contributed by atoms with Gasteiger partial charge in [-0.25, -0.2) is 0 Å². The highest BCUT2D eigenvalue weighted by molar-refractivity contribution is 5.75. The number of hydrogen-bond donors (Lipinski definition) is 1. The SMILES string of the molecule is O=C(CC[C@H]1CCCO1)NC[C@@H]1CCCN(Cc2ccccc2)C1. The standard InChI is InChI=1S/C20H30N2O2/c23-20(11-10-19-9-5-13-24-19)21-14-18-8-4-12-22(16-18)15-17-6-2-1-3-7-17/h1-3,6-7,18-19H,4-5,8-16H2,(H,21,23)/t18-,19+/m0/s1. The highest BCUT2D eigenvalue weighted by Crippen LogP contribution is 2.19. The van der Waals surface area contributed by atoms with Crippen molar-refractivity contribution in [2.45, 2.75) is 51.2 Å². The van der Waals surface area contributed by atoms with E-state index in [2.05, 4.69) is 40.5 Å². The van der Waals surface area contributed by atoms with Crippen LogP contribution in [0.15, 0.2) is 30.3 Å². The van der Waals surface area contributed by atoms with Crippen LogP contribution in [0.1, 0.15) is 44.1 Å². The van der Waals surface area contributed by atoms with E-state index in [-0.39, 0.29) is 5.91 Å². The Kier molecular flexibility index (Phi) is 6.67. The molecule has 132 valence electrons. The lowest BCUT2D eigenvalue weighted by molar-refractivity contribution is -0.122. The van der Waals surface area contributed by atoms with Crippen LogP contribution in [0.5, 0.6) is 0 Å². The second-order valence-electron chi connectivity index (χ2n) is 7.21. The zero-order valence-electron chi connectivity index (χ0n) is 14.6. The van der Waals surface area contributed by atoms with Crippen molar-refractivity contribution >= 4 is 5.91 Å². The summed E-state index contributed by atoms with van der Waals surface area (Å²) in [5.74, 6) is 0.764. The van der Waals surface area contributed by atoms with E-state index in [9.17, 15) is 4.79 Å². The van der Waals surface area contributed by atoms with Gasteiger partial charge in [0.05, 0.1) is 6.10 Å². The van der Waals surface area contributed by atoms with Crippen LogP contribution in [-0.2, 0) is 16.1 Å². The monoisotopic (exact) mass is 330 g/mol. The second-order valence-corrected chi connectivity index (χ2v) is 7.21. The van der Waals surface area contributed by atoms with Gasteiger partial charge in [0.25, 0.3) is 0 Å². The molecular formula is C20H30N2O2. The molecule has 1 amide bonds. The van der Waals surface area contributed by atoms with Crippen LogP contribution in [0.4, 0.5) is 0 Å². The van der Waals surface area contributed by atoms with Crippen molar-refractivity contribution in [1.29, 1.82) is 0 Å².